The second-order valence-electron chi connectivity index (χ2n) is 3.45. The molecule has 1 rings (SSSR count). The number of amides is 1. The van der Waals surface area contributed by atoms with Gasteiger partial charge in [0.25, 0.3) is 5.91 Å². The van der Waals surface area contributed by atoms with Crippen LogP contribution in [0.3, 0.4) is 0 Å². The van der Waals surface area contributed by atoms with Crippen molar-refractivity contribution in [2.45, 2.75) is 19.4 Å². The lowest BCUT2D eigenvalue weighted by Crippen LogP contribution is -2.41. The van der Waals surface area contributed by atoms with Gasteiger partial charge < -0.3 is 0 Å². The van der Waals surface area contributed by atoms with Crippen LogP contribution in [-0.2, 0) is 4.79 Å². The van der Waals surface area contributed by atoms with Crippen molar-refractivity contribution in [1.82, 2.24) is 9.58 Å². The standard InChI is InChI=1S/C10H17N3O/c1-4-9(12(2)3)10(14)11-13-7-5-6-8-13/h5-9H,4H2,1-3H3,(H,11,14). The van der Waals surface area contributed by atoms with E-state index in [1.807, 2.05) is 38.1 Å². The molecule has 14 heavy (non-hydrogen) atoms. The number of nitrogens with one attached hydrogen (secondary N) is 1. The molecule has 1 atom stereocenters. The first-order chi connectivity index (χ1) is 6.65. The third-order valence-corrected chi connectivity index (χ3v) is 2.16. The maximum absolute atomic E-state index is 11.7. The van der Waals surface area contributed by atoms with Crippen LogP contribution in [0.5, 0.6) is 0 Å². The Balaban J connectivity index is 2.56. The summed E-state index contributed by atoms with van der Waals surface area (Å²) < 4.78 is 1.66. The molecule has 78 valence electrons. The van der Waals surface area contributed by atoms with Crippen LogP contribution in [0, 0.1) is 0 Å². The number of hydrogen-bond acceptors (Lipinski definition) is 2. The van der Waals surface area contributed by atoms with Gasteiger partial charge in [0.1, 0.15) is 0 Å². The molecule has 1 N–H and O–H groups in total. The molecular weight excluding hydrogens is 178 g/mol. The fraction of sp³-hybridized carbons (Fsp3) is 0.500. The van der Waals surface area contributed by atoms with Crippen LogP contribution in [0.1, 0.15) is 13.3 Å². The van der Waals surface area contributed by atoms with E-state index in [-0.39, 0.29) is 11.9 Å². The molecule has 1 aromatic heterocycles. The molecular formula is C10H17N3O. The molecule has 1 unspecified atom stereocenters. The van der Waals surface area contributed by atoms with E-state index in [4.69, 9.17) is 0 Å². The second-order valence-corrected chi connectivity index (χ2v) is 3.45. The zero-order valence-electron chi connectivity index (χ0n) is 8.90. The Bertz CT molecular complexity index is 280. The Labute approximate surface area is 84.5 Å². The van der Waals surface area contributed by atoms with E-state index >= 15 is 0 Å². The minimum Gasteiger partial charge on any atom is -0.298 e. The smallest absolute Gasteiger partial charge is 0.256 e. The Morgan fingerprint density at radius 2 is 2.00 bits per heavy atom. The molecule has 4 heteroatoms. The molecule has 0 fully saturated rings. The summed E-state index contributed by atoms with van der Waals surface area (Å²) in [6.45, 7) is 2.00. The lowest BCUT2D eigenvalue weighted by Gasteiger charge is -2.21. The highest BCUT2D eigenvalue weighted by molar-refractivity contribution is 5.88. The molecule has 1 heterocycles. The average Bonchev–Trinajstić information content (AvgIpc) is 2.57. The van der Waals surface area contributed by atoms with Gasteiger partial charge in [0.2, 0.25) is 0 Å². The summed E-state index contributed by atoms with van der Waals surface area (Å²) in [7, 11) is 3.81. The van der Waals surface area contributed by atoms with Crippen LogP contribution in [0.15, 0.2) is 24.5 Å². The van der Waals surface area contributed by atoms with Crippen molar-refractivity contribution in [3.05, 3.63) is 24.5 Å². The molecule has 0 saturated carbocycles. The zero-order chi connectivity index (χ0) is 10.6. The lowest BCUT2D eigenvalue weighted by atomic mass is 10.2. The molecule has 1 aromatic rings. The van der Waals surface area contributed by atoms with E-state index in [0.29, 0.717) is 0 Å². The monoisotopic (exact) mass is 195 g/mol. The van der Waals surface area contributed by atoms with Gasteiger partial charge in [-0.05, 0) is 32.6 Å². The summed E-state index contributed by atoms with van der Waals surface area (Å²) in [5.41, 5.74) is 2.79. The molecule has 0 aliphatic heterocycles. The quantitative estimate of drug-likeness (QED) is 0.775. The summed E-state index contributed by atoms with van der Waals surface area (Å²) >= 11 is 0. The van der Waals surface area contributed by atoms with Crippen LogP contribution in [-0.4, -0.2) is 35.6 Å². The maximum Gasteiger partial charge on any atom is 0.256 e. The summed E-state index contributed by atoms with van der Waals surface area (Å²) in [6, 6.07) is 3.67. The number of carbonyl (C=O) groups is 1. The SMILES string of the molecule is CCC(C(=O)Nn1cccc1)N(C)C. The molecule has 0 aliphatic carbocycles. The summed E-state index contributed by atoms with van der Waals surface area (Å²) in [6.07, 6.45) is 4.42. The van der Waals surface area contributed by atoms with Crippen molar-refractivity contribution in [2.24, 2.45) is 0 Å². The summed E-state index contributed by atoms with van der Waals surface area (Å²) in [5, 5.41) is 0. The van der Waals surface area contributed by atoms with Crippen LogP contribution in [0.4, 0.5) is 0 Å². The van der Waals surface area contributed by atoms with Gasteiger partial charge in [-0.15, -0.1) is 0 Å². The van der Waals surface area contributed by atoms with E-state index < -0.39 is 0 Å². The molecule has 0 saturated heterocycles. The molecule has 0 aliphatic rings. The van der Waals surface area contributed by atoms with Gasteiger partial charge in [0.05, 0.1) is 6.04 Å². The first-order valence-electron chi connectivity index (χ1n) is 4.75. The molecule has 1 amide bonds. The molecule has 0 bridgehead atoms. The van der Waals surface area contributed by atoms with E-state index in [9.17, 15) is 4.79 Å². The minimum atomic E-state index is -0.0719. The predicted molar refractivity (Wildman–Crippen MR) is 56.6 cm³/mol. The Morgan fingerprint density at radius 3 is 2.43 bits per heavy atom. The highest BCUT2D eigenvalue weighted by atomic mass is 16.2. The van der Waals surface area contributed by atoms with Crippen molar-refractivity contribution >= 4 is 5.91 Å². The highest BCUT2D eigenvalue weighted by Crippen LogP contribution is 1.99. The van der Waals surface area contributed by atoms with Gasteiger partial charge >= 0.3 is 0 Å². The number of carbonyl (C=O) groups excluding carboxylic acids is 1. The van der Waals surface area contributed by atoms with E-state index in [1.54, 1.807) is 17.1 Å². The molecule has 0 aromatic carbocycles. The number of aromatic nitrogens is 1. The summed E-state index contributed by atoms with van der Waals surface area (Å²) in [5.74, 6) is 0.0219. The first kappa shape index (κ1) is 10.8. The van der Waals surface area contributed by atoms with Gasteiger partial charge in [-0.3, -0.25) is 19.8 Å². The summed E-state index contributed by atoms with van der Waals surface area (Å²) in [4.78, 5) is 13.6. The first-order valence-corrected chi connectivity index (χ1v) is 4.75. The van der Waals surface area contributed by atoms with Crippen molar-refractivity contribution in [1.29, 1.82) is 0 Å². The molecule has 4 nitrogen and oxygen atoms in total. The maximum atomic E-state index is 11.7. The van der Waals surface area contributed by atoms with Crippen molar-refractivity contribution in [2.75, 3.05) is 19.5 Å². The average molecular weight is 195 g/mol. The third-order valence-electron chi connectivity index (χ3n) is 2.16. The largest absolute Gasteiger partial charge is 0.298 e. The van der Waals surface area contributed by atoms with Gasteiger partial charge in [-0.2, -0.15) is 0 Å². The van der Waals surface area contributed by atoms with Gasteiger partial charge in [0.15, 0.2) is 0 Å². The van der Waals surface area contributed by atoms with Crippen LogP contribution in [0.2, 0.25) is 0 Å². The van der Waals surface area contributed by atoms with Crippen molar-refractivity contribution < 1.29 is 4.79 Å². The van der Waals surface area contributed by atoms with Gasteiger partial charge in [-0.25, -0.2) is 0 Å². The Morgan fingerprint density at radius 1 is 1.43 bits per heavy atom. The zero-order valence-corrected chi connectivity index (χ0v) is 8.90. The van der Waals surface area contributed by atoms with Crippen molar-refractivity contribution in [3.8, 4) is 0 Å². The van der Waals surface area contributed by atoms with E-state index in [1.165, 1.54) is 0 Å². The highest BCUT2D eigenvalue weighted by Gasteiger charge is 2.17. The topological polar surface area (TPSA) is 37.3 Å². The van der Waals surface area contributed by atoms with E-state index in [0.717, 1.165) is 6.42 Å². The molecule has 0 radical (unpaired) electrons. The van der Waals surface area contributed by atoms with Gasteiger partial charge in [0, 0.05) is 12.4 Å². The Hall–Kier alpha value is -1.29. The fourth-order valence-corrected chi connectivity index (χ4v) is 1.40. The third kappa shape index (κ3) is 2.60. The van der Waals surface area contributed by atoms with Gasteiger partial charge in [-0.1, -0.05) is 6.92 Å². The second kappa shape index (κ2) is 4.81. The predicted octanol–water partition coefficient (Wildman–Crippen LogP) is 0.898. The number of rotatable bonds is 4. The van der Waals surface area contributed by atoms with Crippen LogP contribution >= 0.6 is 0 Å². The Kier molecular flexibility index (Phi) is 3.71. The molecule has 0 spiro atoms. The normalized spacial score (nSPS) is 12.9. The number of likely N-dealkylation sites (N-methyl/N-ethyl adjacent to an activating group) is 1. The van der Waals surface area contributed by atoms with Crippen molar-refractivity contribution in [3.63, 3.8) is 0 Å². The fourth-order valence-electron chi connectivity index (χ4n) is 1.40. The number of hydrogen-bond donors (Lipinski definition) is 1. The van der Waals surface area contributed by atoms with Crippen LogP contribution in [0.25, 0.3) is 0 Å². The number of nitrogens with zero attached hydrogens (tertiary/aromatic N) is 2. The van der Waals surface area contributed by atoms with Crippen LogP contribution < -0.4 is 5.43 Å². The van der Waals surface area contributed by atoms with E-state index in [2.05, 4.69) is 5.43 Å². The minimum absolute atomic E-state index is 0.0219. The lowest BCUT2D eigenvalue weighted by molar-refractivity contribution is -0.121.